The number of nitrogens with zero attached hydrogens (tertiary/aromatic N) is 3. The van der Waals surface area contributed by atoms with Crippen LogP contribution in [0.1, 0.15) is 37.3 Å². The maximum Gasteiger partial charge on any atom is 0.315 e. The molecule has 7 nitrogen and oxygen atoms in total. The Labute approximate surface area is 142 Å². The van der Waals surface area contributed by atoms with Crippen molar-refractivity contribution in [2.75, 3.05) is 37.7 Å². The minimum Gasteiger partial charge on any atom is -0.381 e. The lowest BCUT2D eigenvalue weighted by Gasteiger charge is -2.40. The standard InChI is InChI=1S/C17H25N5O2/c23-17(19-14-5-7-24-8-6-14)18-9-12-10-22(11-12)16-4-3-15(20-21-16)13-1-2-13/h3-4,12-14H,1-2,5-11H2,(H2,18,19,23). The van der Waals surface area contributed by atoms with Gasteiger partial charge < -0.3 is 20.3 Å². The summed E-state index contributed by atoms with van der Waals surface area (Å²) in [5.74, 6) is 2.08. The maximum atomic E-state index is 11.9. The van der Waals surface area contributed by atoms with Crippen LogP contribution in [0.15, 0.2) is 12.1 Å². The van der Waals surface area contributed by atoms with Crippen LogP contribution in [-0.4, -0.2) is 55.1 Å². The first-order chi connectivity index (χ1) is 11.8. The first kappa shape index (κ1) is 15.6. The summed E-state index contributed by atoms with van der Waals surface area (Å²) in [6.07, 6.45) is 4.31. The van der Waals surface area contributed by atoms with Crippen molar-refractivity contribution in [2.24, 2.45) is 5.92 Å². The van der Waals surface area contributed by atoms with Gasteiger partial charge in [0.2, 0.25) is 0 Å². The largest absolute Gasteiger partial charge is 0.381 e. The molecular weight excluding hydrogens is 306 g/mol. The summed E-state index contributed by atoms with van der Waals surface area (Å²) < 4.78 is 5.30. The highest BCUT2D eigenvalue weighted by molar-refractivity contribution is 5.74. The molecule has 24 heavy (non-hydrogen) atoms. The number of hydrogen-bond acceptors (Lipinski definition) is 5. The van der Waals surface area contributed by atoms with Crippen LogP contribution in [0, 0.1) is 5.92 Å². The minimum absolute atomic E-state index is 0.0612. The molecule has 1 aliphatic carbocycles. The van der Waals surface area contributed by atoms with Crippen molar-refractivity contribution in [2.45, 2.75) is 37.6 Å². The zero-order valence-electron chi connectivity index (χ0n) is 13.9. The summed E-state index contributed by atoms with van der Waals surface area (Å²) >= 11 is 0. The van der Waals surface area contributed by atoms with Crippen LogP contribution < -0.4 is 15.5 Å². The van der Waals surface area contributed by atoms with E-state index in [2.05, 4.69) is 37.9 Å². The monoisotopic (exact) mass is 331 g/mol. The summed E-state index contributed by atoms with van der Waals surface area (Å²) in [6.45, 7) is 4.04. The van der Waals surface area contributed by atoms with E-state index in [0.29, 0.717) is 18.4 Å². The van der Waals surface area contributed by atoms with Gasteiger partial charge >= 0.3 is 6.03 Å². The number of rotatable bonds is 5. The van der Waals surface area contributed by atoms with Crippen LogP contribution in [0.3, 0.4) is 0 Å². The molecule has 3 heterocycles. The van der Waals surface area contributed by atoms with Crippen molar-refractivity contribution in [1.29, 1.82) is 0 Å². The molecule has 4 rings (SSSR count). The highest BCUT2D eigenvalue weighted by Gasteiger charge is 2.30. The third kappa shape index (κ3) is 3.77. The lowest BCUT2D eigenvalue weighted by molar-refractivity contribution is 0.0800. The molecule has 1 aromatic rings. The van der Waals surface area contributed by atoms with Crippen LogP contribution in [0.4, 0.5) is 10.6 Å². The number of aromatic nitrogens is 2. The van der Waals surface area contributed by atoms with Gasteiger partial charge in [0, 0.05) is 50.7 Å². The molecule has 2 aliphatic heterocycles. The maximum absolute atomic E-state index is 11.9. The molecule has 2 N–H and O–H groups in total. The van der Waals surface area contributed by atoms with Gasteiger partial charge in [0.15, 0.2) is 5.82 Å². The van der Waals surface area contributed by atoms with Crippen molar-refractivity contribution < 1.29 is 9.53 Å². The summed E-state index contributed by atoms with van der Waals surface area (Å²) in [7, 11) is 0. The van der Waals surface area contributed by atoms with Crippen molar-refractivity contribution in [3.8, 4) is 0 Å². The molecular formula is C17H25N5O2. The number of ether oxygens (including phenoxy) is 1. The summed E-state index contributed by atoms with van der Waals surface area (Å²) in [4.78, 5) is 14.1. The molecule has 2 amide bonds. The number of urea groups is 1. The van der Waals surface area contributed by atoms with Crippen LogP contribution in [0.25, 0.3) is 0 Å². The fourth-order valence-corrected chi connectivity index (χ4v) is 3.30. The van der Waals surface area contributed by atoms with Crippen molar-refractivity contribution in [1.82, 2.24) is 20.8 Å². The van der Waals surface area contributed by atoms with Gasteiger partial charge in [-0.2, -0.15) is 5.10 Å². The molecule has 3 aliphatic rings. The Morgan fingerprint density at radius 2 is 1.96 bits per heavy atom. The fraction of sp³-hybridized carbons (Fsp3) is 0.706. The second-order valence-corrected chi connectivity index (χ2v) is 7.10. The predicted molar refractivity (Wildman–Crippen MR) is 90.1 cm³/mol. The SMILES string of the molecule is O=C(NCC1CN(c2ccc(C3CC3)nn2)C1)NC1CCOCC1. The number of carbonyl (C=O) groups excluding carboxylic acids is 1. The molecule has 0 spiro atoms. The Balaban J connectivity index is 1.15. The van der Waals surface area contributed by atoms with E-state index in [0.717, 1.165) is 50.7 Å². The molecule has 3 fully saturated rings. The zero-order chi connectivity index (χ0) is 16.4. The first-order valence-corrected chi connectivity index (χ1v) is 8.98. The van der Waals surface area contributed by atoms with Gasteiger partial charge in [0.05, 0.1) is 5.69 Å². The Morgan fingerprint density at radius 3 is 2.62 bits per heavy atom. The van der Waals surface area contributed by atoms with E-state index in [1.54, 1.807) is 0 Å². The average molecular weight is 331 g/mol. The summed E-state index contributed by atoms with van der Waals surface area (Å²) in [5.41, 5.74) is 1.13. The molecule has 0 aromatic carbocycles. The number of anilines is 1. The molecule has 0 atom stereocenters. The third-order valence-electron chi connectivity index (χ3n) is 5.06. The van der Waals surface area contributed by atoms with Crippen LogP contribution >= 0.6 is 0 Å². The Kier molecular flexibility index (Phi) is 4.51. The van der Waals surface area contributed by atoms with Crippen molar-refractivity contribution in [3.63, 3.8) is 0 Å². The van der Waals surface area contributed by atoms with Gasteiger partial charge in [0.25, 0.3) is 0 Å². The fourth-order valence-electron chi connectivity index (χ4n) is 3.30. The van der Waals surface area contributed by atoms with Gasteiger partial charge in [0.1, 0.15) is 0 Å². The van der Waals surface area contributed by atoms with Crippen LogP contribution in [-0.2, 0) is 4.74 Å². The van der Waals surface area contributed by atoms with Gasteiger partial charge in [-0.1, -0.05) is 0 Å². The van der Waals surface area contributed by atoms with Crippen molar-refractivity contribution in [3.05, 3.63) is 17.8 Å². The summed E-state index contributed by atoms with van der Waals surface area (Å²) in [5, 5.41) is 14.7. The molecule has 1 aromatic heterocycles. The Hall–Kier alpha value is -1.89. The molecule has 1 saturated carbocycles. The normalized spacial score (nSPS) is 22.1. The highest BCUT2D eigenvalue weighted by Crippen LogP contribution is 2.38. The number of hydrogen-bond donors (Lipinski definition) is 2. The summed E-state index contributed by atoms with van der Waals surface area (Å²) in [6, 6.07) is 4.36. The molecule has 0 unspecified atom stereocenters. The molecule has 0 radical (unpaired) electrons. The molecule has 0 bridgehead atoms. The third-order valence-corrected chi connectivity index (χ3v) is 5.06. The Morgan fingerprint density at radius 1 is 1.17 bits per heavy atom. The zero-order valence-corrected chi connectivity index (χ0v) is 13.9. The number of carbonyl (C=O) groups is 1. The predicted octanol–water partition coefficient (Wildman–Crippen LogP) is 1.27. The quantitative estimate of drug-likeness (QED) is 0.849. The second kappa shape index (κ2) is 6.93. The average Bonchev–Trinajstić information content (AvgIpc) is 3.40. The van der Waals surface area contributed by atoms with Crippen LogP contribution in [0.5, 0.6) is 0 Å². The van der Waals surface area contributed by atoms with E-state index in [9.17, 15) is 4.79 Å². The van der Waals surface area contributed by atoms with Gasteiger partial charge in [-0.15, -0.1) is 5.10 Å². The molecule has 130 valence electrons. The topological polar surface area (TPSA) is 79.4 Å². The van der Waals surface area contributed by atoms with E-state index in [4.69, 9.17) is 4.74 Å². The molecule has 2 saturated heterocycles. The van der Waals surface area contributed by atoms with E-state index in [-0.39, 0.29) is 12.1 Å². The van der Waals surface area contributed by atoms with Crippen molar-refractivity contribution >= 4 is 11.8 Å². The van der Waals surface area contributed by atoms with Gasteiger partial charge in [-0.3, -0.25) is 0 Å². The number of amides is 2. The van der Waals surface area contributed by atoms with E-state index in [1.807, 2.05) is 0 Å². The highest BCUT2D eigenvalue weighted by atomic mass is 16.5. The Bertz CT molecular complexity index is 563. The minimum atomic E-state index is -0.0612. The molecule has 7 heteroatoms. The van der Waals surface area contributed by atoms with Gasteiger partial charge in [-0.25, -0.2) is 4.79 Å². The lowest BCUT2D eigenvalue weighted by atomic mass is 10.0. The first-order valence-electron chi connectivity index (χ1n) is 8.98. The lowest BCUT2D eigenvalue weighted by Crippen LogP contribution is -2.53. The smallest absolute Gasteiger partial charge is 0.315 e. The van der Waals surface area contributed by atoms with Crippen LogP contribution in [0.2, 0.25) is 0 Å². The number of nitrogens with one attached hydrogen (secondary N) is 2. The van der Waals surface area contributed by atoms with E-state index in [1.165, 1.54) is 12.8 Å². The van der Waals surface area contributed by atoms with E-state index >= 15 is 0 Å². The van der Waals surface area contributed by atoms with Gasteiger partial charge in [-0.05, 0) is 37.8 Å². The second-order valence-electron chi connectivity index (χ2n) is 7.10. The van der Waals surface area contributed by atoms with E-state index < -0.39 is 0 Å².